The molecule has 1 unspecified atom stereocenters. The van der Waals surface area contributed by atoms with Crippen LogP contribution in [0.1, 0.15) is 23.0 Å². The van der Waals surface area contributed by atoms with Gasteiger partial charge in [0.1, 0.15) is 0 Å². The Morgan fingerprint density at radius 3 is 1.47 bits per heavy atom. The summed E-state index contributed by atoms with van der Waals surface area (Å²) >= 11 is 0. The van der Waals surface area contributed by atoms with Crippen LogP contribution in [0.25, 0.3) is 0 Å². The molecule has 0 amide bonds. The van der Waals surface area contributed by atoms with Crippen LogP contribution in [0.3, 0.4) is 0 Å². The van der Waals surface area contributed by atoms with E-state index in [-0.39, 0.29) is 6.04 Å². The van der Waals surface area contributed by atoms with Crippen LogP contribution in [0.4, 0.5) is 5.69 Å². The summed E-state index contributed by atoms with van der Waals surface area (Å²) in [5, 5.41) is 10.7. The van der Waals surface area contributed by atoms with Crippen LogP contribution in [0.15, 0.2) is 194 Å². The molecule has 4 heteroatoms. The van der Waals surface area contributed by atoms with E-state index in [2.05, 4.69) is 199 Å². The molecular formula is C43H36N2P2. The Morgan fingerprint density at radius 1 is 0.447 bits per heavy atom. The van der Waals surface area contributed by atoms with Crippen molar-refractivity contribution in [1.82, 2.24) is 4.98 Å². The van der Waals surface area contributed by atoms with E-state index in [1.807, 2.05) is 0 Å². The Labute approximate surface area is 280 Å². The Bertz CT molecular complexity index is 1910. The number of benzene rings is 6. The molecule has 0 aliphatic rings. The molecule has 0 saturated heterocycles. The summed E-state index contributed by atoms with van der Waals surface area (Å²) in [5.41, 5.74) is 4.43. The third kappa shape index (κ3) is 7.42. The van der Waals surface area contributed by atoms with Crippen molar-refractivity contribution in [3.8, 4) is 0 Å². The summed E-state index contributed by atoms with van der Waals surface area (Å²) in [6, 6.07) is 69.5. The smallest absolute Gasteiger partial charge is 0.0940 e. The van der Waals surface area contributed by atoms with Crippen LogP contribution in [0, 0.1) is 0 Å². The second-order valence-electron chi connectivity index (χ2n) is 11.3. The van der Waals surface area contributed by atoms with E-state index in [0.717, 1.165) is 23.2 Å². The highest BCUT2D eigenvalue weighted by Gasteiger charge is 2.23. The van der Waals surface area contributed by atoms with E-state index >= 15 is 0 Å². The van der Waals surface area contributed by atoms with Gasteiger partial charge in [-0.25, -0.2) is 0 Å². The lowest BCUT2D eigenvalue weighted by Crippen LogP contribution is -2.25. The number of para-hydroxylation sites is 1. The minimum atomic E-state index is -0.785. The van der Waals surface area contributed by atoms with Gasteiger partial charge < -0.3 is 5.32 Å². The molecule has 1 heterocycles. The molecule has 0 aliphatic heterocycles. The molecule has 0 fully saturated rings. The van der Waals surface area contributed by atoms with Crippen molar-refractivity contribution < 1.29 is 0 Å². The average Bonchev–Trinajstić information content (AvgIpc) is 3.15. The second kappa shape index (κ2) is 15.1. The first-order valence-electron chi connectivity index (χ1n) is 16.0. The minimum Gasteiger partial charge on any atom is -0.372 e. The summed E-state index contributed by atoms with van der Waals surface area (Å²) in [4.78, 5) is 5.39. The number of anilines is 1. The lowest BCUT2D eigenvalue weighted by atomic mass is 10.0. The Morgan fingerprint density at radius 2 is 0.915 bits per heavy atom. The molecule has 6 aromatic carbocycles. The highest BCUT2D eigenvalue weighted by Crippen LogP contribution is 2.39. The highest BCUT2D eigenvalue weighted by atomic mass is 31.1. The van der Waals surface area contributed by atoms with Gasteiger partial charge in [0, 0.05) is 22.8 Å². The summed E-state index contributed by atoms with van der Waals surface area (Å²) in [6.45, 7) is 0. The first-order chi connectivity index (χ1) is 23.3. The molecule has 228 valence electrons. The van der Waals surface area contributed by atoms with Crippen molar-refractivity contribution >= 4 is 48.1 Å². The Hall–Kier alpha value is -4.87. The van der Waals surface area contributed by atoms with Gasteiger partial charge in [-0.1, -0.05) is 176 Å². The molecule has 7 rings (SSSR count). The van der Waals surface area contributed by atoms with Crippen molar-refractivity contribution in [2.24, 2.45) is 0 Å². The number of rotatable bonds is 11. The zero-order valence-corrected chi connectivity index (χ0v) is 27.9. The summed E-state index contributed by atoms with van der Waals surface area (Å²) in [6.07, 6.45) is 0.878. The predicted molar refractivity (Wildman–Crippen MR) is 204 cm³/mol. The van der Waals surface area contributed by atoms with Gasteiger partial charge in [-0.05, 0) is 60.8 Å². The molecule has 0 saturated carbocycles. The van der Waals surface area contributed by atoms with Gasteiger partial charge in [0.2, 0.25) is 0 Å². The van der Waals surface area contributed by atoms with Crippen LogP contribution in [0.5, 0.6) is 0 Å². The quantitative estimate of drug-likeness (QED) is 0.143. The lowest BCUT2D eigenvalue weighted by molar-refractivity contribution is 0.875. The Kier molecular flexibility index (Phi) is 9.91. The SMILES string of the molecule is c1ccc(C(Nc2ccccc2P(c2ccccc2)c2ccccc2)c2cccc(CP(c3ccccc3)c3ccccc3)n2)cc1. The van der Waals surface area contributed by atoms with Gasteiger partial charge in [0.05, 0.1) is 11.7 Å². The largest absolute Gasteiger partial charge is 0.372 e. The molecule has 0 bridgehead atoms. The van der Waals surface area contributed by atoms with E-state index in [1.165, 1.54) is 32.1 Å². The van der Waals surface area contributed by atoms with E-state index in [4.69, 9.17) is 4.98 Å². The molecule has 1 atom stereocenters. The van der Waals surface area contributed by atoms with E-state index in [0.29, 0.717) is 0 Å². The summed E-state index contributed by atoms with van der Waals surface area (Å²) in [5.74, 6) is 0. The van der Waals surface area contributed by atoms with E-state index < -0.39 is 15.8 Å². The summed E-state index contributed by atoms with van der Waals surface area (Å²) < 4.78 is 0. The molecule has 0 radical (unpaired) electrons. The van der Waals surface area contributed by atoms with Gasteiger partial charge in [0.25, 0.3) is 0 Å². The zero-order valence-electron chi connectivity index (χ0n) is 26.1. The molecule has 0 aliphatic carbocycles. The van der Waals surface area contributed by atoms with Crippen LogP contribution in [-0.4, -0.2) is 4.98 Å². The van der Waals surface area contributed by atoms with Crippen molar-refractivity contribution in [1.29, 1.82) is 0 Å². The maximum Gasteiger partial charge on any atom is 0.0940 e. The maximum atomic E-state index is 5.39. The van der Waals surface area contributed by atoms with Gasteiger partial charge >= 0.3 is 0 Å². The van der Waals surface area contributed by atoms with Crippen LogP contribution in [0.2, 0.25) is 0 Å². The van der Waals surface area contributed by atoms with Crippen LogP contribution in [-0.2, 0) is 6.16 Å². The molecule has 1 N–H and O–H groups in total. The van der Waals surface area contributed by atoms with Gasteiger partial charge in [-0.3, -0.25) is 4.98 Å². The van der Waals surface area contributed by atoms with Crippen LogP contribution < -0.4 is 31.8 Å². The fourth-order valence-electron chi connectivity index (χ4n) is 5.96. The second-order valence-corrected chi connectivity index (χ2v) is 15.7. The predicted octanol–water partition coefficient (Wildman–Crippen LogP) is 8.67. The van der Waals surface area contributed by atoms with Crippen molar-refractivity contribution in [3.05, 3.63) is 211 Å². The summed E-state index contributed by atoms with van der Waals surface area (Å²) in [7, 11) is -1.39. The third-order valence-corrected chi connectivity index (χ3v) is 13.2. The third-order valence-electron chi connectivity index (χ3n) is 8.19. The minimum absolute atomic E-state index is 0.125. The number of aromatic nitrogens is 1. The van der Waals surface area contributed by atoms with Gasteiger partial charge in [-0.15, -0.1) is 0 Å². The average molecular weight is 643 g/mol. The molecule has 0 spiro atoms. The molecule has 7 aromatic rings. The van der Waals surface area contributed by atoms with E-state index in [9.17, 15) is 0 Å². The van der Waals surface area contributed by atoms with Crippen molar-refractivity contribution in [3.63, 3.8) is 0 Å². The number of pyridine rings is 1. The fourth-order valence-corrected chi connectivity index (χ4v) is 10.6. The first kappa shape index (κ1) is 30.8. The van der Waals surface area contributed by atoms with Gasteiger partial charge in [-0.2, -0.15) is 0 Å². The topological polar surface area (TPSA) is 24.9 Å². The standard InChI is InChI=1S/C43H36N2P2/c1-6-19-34(20-7-1)43(41-31-18-21-35(44-41)33-46(36-22-8-2-9-23-36)37-24-10-3-11-25-37)45-40-30-16-17-32-42(40)47(38-26-12-4-13-27-38)39-28-14-5-15-29-39/h1-32,43,45H,33H2. The normalized spacial score (nSPS) is 11.8. The molecule has 1 aromatic heterocycles. The monoisotopic (exact) mass is 642 g/mol. The first-order valence-corrected chi connectivity index (χ1v) is 18.8. The number of nitrogens with one attached hydrogen (secondary N) is 1. The van der Waals surface area contributed by atoms with Crippen molar-refractivity contribution in [2.75, 3.05) is 5.32 Å². The van der Waals surface area contributed by atoms with Crippen LogP contribution >= 0.6 is 15.8 Å². The van der Waals surface area contributed by atoms with Gasteiger partial charge in [0.15, 0.2) is 0 Å². The number of nitrogens with zero attached hydrogens (tertiary/aromatic N) is 1. The molecule has 47 heavy (non-hydrogen) atoms. The molecule has 2 nitrogen and oxygen atoms in total. The van der Waals surface area contributed by atoms with Crippen molar-refractivity contribution in [2.45, 2.75) is 12.2 Å². The van der Waals surface area contributed by atoms with E-state index in [1.54, 1.807) is 0 Å². The molecular weight excluding hydrogens is 606 g/mol. The highest BCUT2D eigenvalue weighted by molar-refractivity contribution is 7.80. The lowest BCUT2D eigenvalue weighted by Gasteiger charge is -2.26. The zero-order chi connectivity index (χ0) is 31.7. The Balaban J connectivity index is 1.28. The maximum absolute atomic E-state index is 5.39. The number of hydrogen-bond donors (Lipinski definition) is 1. The number of hydrogen-bond acceptors (Lipinski definition) is 2. The fraction of sp³-hybridized carbons (Fsp3) is 0.0465.